The Morgan fingerprint density at radius 2 is 1.79 bits per heavy atom. The molecule has 4 atom stereocenters. The molecule has 0 spiro atoms. The predicted octanol–water partition coefficient (Wildman–Crippen LogP) is 3.75. The third-order valence-electron chi connectivity index (χ3n) is 7.40. The molecule has 0 unspecified atom stereocenters. The molecule has 0 amide bonds. The number of benzene rings is 1. The topological polar surface area (TPSA) is 140 Å². The van der Waals surface area contributed by atoms with Crippen LogP contribution in [0.4, 0.5) is 0 Å². The third kappa shape index (κ3) is 5.25. The van der Waals surface area contributed by atoms with Crippen molar-refractivity contribution in [1.82, 2.24) is 29.7 Å². The third-order valence-corrected chi connectivity index (χ3v) is 7.68. The van der Waals surface area contributed by atoms with Gasteiger partial charge in [0.2, 0.25) is 0 Å². The molecular formula is C30H29ClN6O5. The molecule has 2 aliphatic rings. The Labute approximate surface area is 246 Å². The van der Waals surface area contributed by atoms with Crippen molar-refractivity contribution in [2.24, 2.45) is 0 Å². The number of rotatable bonds is 7. The number of aliphatic hydroxyl groups excluding tert-OH is 1. The zero-order chi connectivity index (χ0) is 29.0. The van der Waals surface area contributed by atoms with Gasteiger partial charge in [-0.25, -0.2) is 14.6 Å². The van der Waals surface area contributed by atoms with Crippen molar-refractivity contribution in [3.63, 3.8) is 0 Å². The first kappa shape index (κ1) is 27.0. The summed E-state index contributed by atoms with van der Waals surface area (Å²) >= 11 is 6.62. The summed E-state index contributed by atoms with van der Waals surface area (Å²) < 4.78 is 19.0. The van der Waals surface area contributed by atoms with E-state index in [9.17, 15) is 10.2 Å². The molecule has 0 aliphatic carbocycles. The molecule has 0 bridgehead atoms. The molecule has 11 nitrogen and oxygen atoms in total. The Balaban J connectivity index is 1.07. The summed E-state index contributed by atoms with van der Waals surface area (Å²) in [7, 11) is 0. The summed E-state index contributed by atoms with van der Waals surface area (Å²) in [5.41, 5.74) is 4.65. The molecule has 0 saturated carbocycles. The number of nitrogens with one attached hydrogen (secondary N) is 1. The number of imidazole rings is 1. The molecule has 4 aromatic heterocycles. The zero-order valence-corrected chi connectivity index (χ0v) is 23.7. The maximum atomic E-state index is 10.1. The molecule has 216 valence electrons. The van der Waals surface area contributed by atoms with E-state index in [0.717, 1.165) is 22.3 Å². The molecule has 6 heterocycles. The lowest BCUT2D eigenvalue weighted by Gasteiger charge is -2.15. The van der Waals surface area contributed by atoms with Crippen LogP contribution in [-0.4, -0.2) is 83.2 Å². The Hall–Kier alpha value is -3.87. The van der Waals surface area contributed by atoms with E-state index in [4.69, 9.17) is 30.8 Å². The number of hydrogen-bond acceptors (Lipinski definition) is 9. The standard InChI is InChI=1S/C30H29ClN6O5/c1-30(2,39)10-16-11-33-37(13-16)24-8-7-19(12-32-24)17-3-5-18(6-4-17)25-20(31)9-21-28(35-25)36-29(34-21)42-23-15-41-26-22(38)14-40-27(23)26/h3-9,11-13,22-23,26-27,38-39H,10,14-15H2,1-2H3,(H,34,35,36)/t22-,23-,26-,27-/m1/s1. The van der Waals surface area contributed by atoms with E-state index < -0.39 is 11.7 Å². The Morgan fingerprint density at radius 1 is 1.02 bits per heavy atom. The van der Waals surface area contributed by atoms with Gasteiger partial charge in [0, 0.05) is 29.9 Å². The number of H-pyrrole nitrogens is 1. The molecule has 2 fully saturated rings. The van der Waals surface area contributed by atoms with Gasteiger partial charge in [-0.3, -0.25) is 0 Å². The van der Waals surface area contributed by atoms with Crippen LogP contribution in [0.15, 0.2) is 61.1 Å². The van der Waals surface area contributed by atoms with Crippen molar-refractivity contribution in [2.75, 3.05) is 13.2 Å². The van der Waals surface area contributed by atoms with E-state index in [1.54, 1.807) is 37.0 Å². The number of aliphatic hydroxyl groups is 2. The van der Waals surface area contributed by atoms with Crippen LogP contribution in [-0.2, 0) is 15.9 Å². The summed E-state index contributed by atoms with van der Waals surface area (Å²) in [6.07, 6.45) is 4.19. The van der Waals surface area contributed by atoms with Crippen LogP contribution in [0.3, 0.4) is 0 Å². The van der Waals surface area contributed by atoms with Crippen LogP contribution in [0, 0.1) is 0 Å². The smallest absolute Gasteiger partial charge is 0.296 e. The number of ether oxygens (including phenoxy) is 3. The number of fused-ring (bicyclic) bond motifs is 2. The first-order valence-electron chi connectivity index (χ1n) is 13.7. The van der Waals surface area contributed by atoms with Gasteiger partial charge in [0.1, 0.15) is 18.3 Å². The van der Waals surface area contributed by atoms with Crippen molar-refractivity contribution in [2.45, 2.75) is 50.3 Å². The van der Waals surface area contributed by atoms with Crippen molar-refractivity contribution >= 4 is 22.8 Å². The van der Waals surface area contributed by atoms with Crippen LogP contribution >= 0.6 is 11.6 Å². The number of pyridine rings is 2. The predicted molar refractivity (Wildman–Crippen MR) is 155 cm³/mol. The van der Waals surface area contributed by atoms with Crippen LogP contribution in [0.2, 0.25) is 5.02 Å². The molecule has 2 aliphatic heterocycles. The number of halogens is 1. The van der Waals surface area contributed by atoms with E-state index in [1.165, 1.54) is 0 Å². The van der Waals surface area contributed by atoms with E-state index in [1.807, 2.05) is 42.6 Å². The highest BCUT2D eigenvalue weighted by Crippen LogP contribution is 2.33. The van der Waals surface area contributed by atoms with Gasteiger partial charge in [-0.2, -0.15) is 10.1 Å². The maximum absolute atomic E-state index is 10.1. The van der Waals surface area contributed by atoms with Crippen molar-refractivity contribution in [3.05, 3.63) is 71.6 Å². The maximum Gasteiger partial charge on any atom is 0.296 e. The highest BCUT2D eigenvalue weighted by Gasteiger charge is 2.48. The van der Waals surface area contributed by atoms with Gasteiger partial charge < -0.3 is 29.4 Å². The monoisotopic (exact) mass is 588 g/mol. The van der Waals surface area contributed by atoms with Crippen molar-refractivity contribution in [1.29, 1.82) is 0 Å². The summed E-state index contributed by atoms with van der Waals surface area (Å²) in [5, 5.41) is 24.9. The Bertz CT molecular complexity index is 1730. The van der Waals surface area contributed by atoms with E-state index >= 15 is 0 Å². The second kappa shape index (κ2) is 10.4. The second-order valence-corrected chi connectivity index (χ2v) is 11.7. The summed E-state index contributed by atoms with van der Waals surface area (Å²) in [6, 6.07) is 13.9. The van der Waals surface area contributed by atoms with Crippen LogP contribution in [0.5, 0.6) is 6.01 Å². The Kier molecular flexibility index (Phi) is 6.71. The SMILES string of the molecule is CC(C)(O)Cc1cnn(-c2ccc(-c3ccc(-c4nc5nc(O[C@@H]6CO[C@H]7[C@@H]6OC[C@H]7O)[nH]c5cc4Cl)cc3)cn2)c1. The number of nitrogens with zero attached hydrogens (tertiary/aromatic N) is 5. The fourth-order valence-electron chi connectivity index (χ4n) is 5.43. The molecule has 42 heavy (non-hydrogen) atoms. The van der Waals surface area contributed by atoms with E-state index in [2.05, 4.69) is 20.1 Å². The molecule has 3 N–H and O–H groups in total. The van der Waals surface area contributed by atoms with Crippen LogP contribution in [0.1, 0.15) is 19.4 Å². The average Bonchev–Trinajstić information content (AvgIpc) is 3.75. The fourth-order valence-corrected chi connectivity index (χ4v) is 5.69. The van der Waals surface area contributed by atoms with Gasteiger partial charge >= 0.3 is 0 Å². The second-order valence-electron chi connectivity index (χ2n) is 11.3. The highest BCUT2D eigenvalue weighted by molar-refractivity contribution is 6.33. The molecule has 0 radical (unpaired) electrons. The molecule has 2 saturated heterocycles. The fraction of sp³-hybridized carbons (Fsp3) is 0.333. The largest absolute Gasteiger partial charge is 0.456 e. The first-order valence-corrected chi connectivity index (χ1v) is 14.1. The normalized spacial score (nSPS) is 22.1. The summed E-state index contributed by atoms with van der Waals surface area (Å²) in [6.45, 7) is 4.08. The minimum atomic E-state index is -0.801. The Morgan fingerprint density at radius 3 is 2.55 bits per heavy atom. The van der Waals surface area contributed by atoms with Gasteiger partial charge in [0.05, 0.1) is 41.2 Å². The molecule has 1 aromatic carbocycles. The zero-order valence-electron chi connectivity index (χ0n) is 22.9. The quantitative estimate of drug-likeness (QED) is 0.259. The van der Waals surface area contributed by atoms with Gasteiger partial charge in [-0.1, -0.05) is 35.9 Å². The van der Waals surface area contributed by atoms with Crippen molar-refractivity contribution < 1.29 is 24.4 Å². The van der Waals surface area contributed by atoms with E-state index in [0.29, 0.717) is 46.7 Å². The lowest BCUT2D eigenvalue weighted by atomic mass is 10.0. The van der Waals surface area contributed by atoms with Gasteiger partial charge in [-0.15, -0.1) is 0 Å². The molecule has 12 heteroatoms. The molecule has 7 rings (SSSR count). The molecule has 5 aromatic rings. The van der Waals surface area contributed by atoms with Crippen LogP contribution in [0.25, 0.3) is 39.4 Å². The minimum Gasteiger partial charge on any atom is -0.456 e. The van der Waals surface area contributed by atoms with E-state index in [-0.39, 0.29) is 24.9 Å². The number of aromatic amines is 1. The first-order chi connectivity index (χ1) is 20.2. The summed E-state index contributed by atoms with van der Waals surface area (Å²) in [5.74, 6) is 0.692. The highest BCUT2D eigenvalue weighted by atomic mass is 35.5. The lowest BCUT2D eigenvalue weighted by Crippen LogP contribution is -2.34. The summed E-state index contributed by atoms with van der Waals surface area (Å²) in [4.78, 5) is 16.9. The number of hydrogen-bond donors (Lipinski definition) is 3. The average molecular weight is 589 g/mol. The molecular weight excluding hydrogens is 560 g/mol. The number of aromatic nitrogens is 6. The van der Waals surface area contributed by atoms with Crippen LogP contribution < -0.4 is 4.74 Å². The van der Waals surface area contributed by atoms with Crippen molar-refractivity contribution in [3.8, 4) is 34.2 Å². The van der Waals surface area contributed by atoms with Gasteiger partial charge in [0.25, 0.3) is 6.01 Å². The van der Waals surface area contributed by atoms with Gasteiger partial charge in [0.15, 0.2) is 17.6 Å². The lowest BCUT2D eigenvalue weighted by molar-refractivity contribution is 0.00706. The minimum absolute atomic E-state index is 0.230. The van der Waals surface area contributed by atoms with Gasteiger partial charge in [-0.05, 0) is 43.2 Å².